The van der Waals surface area contributed by atoms with E-state index in [0.717, 1.165) is 28.1 Å². The largest absolute Gasteiger partial charge is 0.389 e. The first kappa shape index (κ1) is 17.4. The summed E-state index contributed by atoms with van der Waals surface area (Å²) >= 11 is 0. The van der Waals surface area contributed by atoms with Crippen LogP contribution in [-0.2, 0) is 0 Å². The number of amides is 1. The maximum absolute atomic E-state index is 13.3. The van der Waals surface area contributed by atoms with Crippen molar-refractivity contribution in [3.63, 3.8) is 0 Å². The summed E-state index contributed by atoms with van der Waals surface area (Å²) in [5.41, 5.74) is 4.90. The third-order valence-electron chi connectivity index (χ3n) is 5.00. The molecule has 138 valence electrons. The van der Waals surface area contributed by atoms with Crippen molar-refractivity contribution in [2.75, 3.05) is 11.4 Å². The first-order valence-corrected chi connectivity index (χ1v) is 9.06. The molecule has 1 amide bonds. The topological polar surface area (TPSA) is 71.2 Å². The zero-order valence-electron chi connectivity index (χ0n) is 15.6. The van der Waals surface area contributed by atoms with E-state index in [1.807, 2.05) is 48.0 Å². The van der Waals surface area contributed by atoms with Crippen LogP contribution in [0.4, 0.5) is 5.69 Å². The molecule has 0 radical (unpaired) electrons. The van der Waals surface area contributed by atoms with Crippen molar-refractivity contribution in [3.8, 4) is 11.1 Å². The first-order chi connectivity index (χ1) is 13.0. The average molecular weight is 362 g/mol. The lowest BCUT2D eigenvalue weighted by atomic mass is 10.0. The number of benzene rings is 1. The number of rotatable bonds is 3. The van der Waals surface area contributed by atoms with Crippen molar-refractivity contribution >= 4 is 11.6 Å². The van der Waals surface area contributed by atoms with Gasteiger partial charge in [0.2, 0.25) is 0 Å². The van der Waals surface area contributed by atoms with Gasteiger partial charge in [-0.05, 0) is 56.2 Å². The van der Waals surface area contributed by atoms with Crippen LogP contribution in [0, 0.1) is 6.92 Å². The highest BCUT2D eigenvalue weighted by molar-refractivity contribution is 6.09. The van der Waals surface area contributed by atoms with Gasteiger partial charge in [-0.1, -0.05) is 12.1 Å². The molecule has 0 saturated heterocycles. The molecule has 2 aromatic heterocycles. The quantitative estimate of drug-likeness (QED) is 0.774. The van der Waals surface area contributed by atoms with Crippen molar-refractivity contribution in [1.82, 2.24) is 14.8 Å². The lowest BCUT2D eigenvalue weighted by molar-refractivity contribution is 0.0954. The van der Waals surface area contributed by atoms with Crippen molar-refractivity contribution in [3.05, 3.63) is 65.7 Å². The number of nitrogens with zero attached hydrogens (tertiary/aromatic N) is 4. The van der Waals surface area contributed by atoms with E-state index in [4.69, 9.17) is 0 Å². The molecule has 1 unspecified atom stereocenters. The summed E-state index contributed by atoms with van der Waals surface area (Å²) in [7, 11) is 0. The second-order valence-corrected chi connectivity index (χ2v) is 7.07. The predicted molar refractivity (Wildman–Crippen MR) is 104 cm³/mol. The molecule has 4 rings (SSSR count). The molecular formula is C21H22N4O2. The minimum atomic E-state index is -0.530. The van der Waals surface area contributed by atoms with Crippen molar-refractivity contribution in [1.29, 1.82) is 0 Å². The molecular weight excluding hydrogens is 340 g/mol. The fourth-order valence-corrected chi connectivity index (χ4v) is 3.54. The normalized spacial score (nSPS) is 17.7. The van der Waals surface area contributed by atoms with Crippen molar-refractivity contribution in [2.24, 2.45) is 0 Å². The van der Waals surface area contributed by atoms with E-state index in [9.17, 15) is 9.90 Å². The van der Waals surface area contributed by atoms with Gasteiger partial charge >= 0.3 is 0 Å². The van der Waals surface area contributed by atoms with Gasteiger partial charge in [-0.15, -0.1) is 0 Å². The van der Waals surface area contributed by atoms with Crippen molar-refractivity contribution in [2.45, 2.75) is 32.9 Å². The minimum absolute atomic E-state index is 0.0610. The Morgan fingerprint density at radius 1 is 1.22 bits per heavy atom. The highest BCUT2D eigenvalue weighted by Crippen LogP contribution is 2.33. The Balaban J connectivity index is 1.76. The summed E-state index contributed by atoms with van der Waals surface area (Å²) in [4.78, 5) is 19.3. The standard InChI is InChI=1S/C21H22N4O2/c1-13-10-17(8-9-22-13)19-11-23-25-14(2)12-24(21(27)20(19)25)18-6-4-16(5-7-18)15(3)26/h4-11,14-15,26H,12H2,1-3H3/t14-,15?/m0/s1. The van der Waals surface area contributed by atoms with Gasteiger partial charge in [0, 0.05) is 29.7 Å². The Kier molecular flexibility index (Phi) is 4.28. The monoisotopic (exact) mass is 362 g/mol. The molecule has 6 heteroatoms. The summed E-state index contributed by atoms with van der Waals surface area (Å²) in [6.07, 6.45) is 2.98. The Labute approximate surface area is 158 Å². The second-order valence-electron chi connectivity index (χ2n) is 7.07. The summed E-state index contributed by atoms with van der Waals surface area (Å²) in [5, 5.41) is 14.2. The van der Waals surface area contributed by atoms with Gasteiger partial charge in [-0.3, -0.25) is 14.5 Å². The maximum atomic E-state index is 13.3. The molecule has 6 nitrogen and oxygen atoms in total. The number of hydrogen-bond acceptors (Lipinski definition) is 4. The van der Waals surface area contributed by atoms with Gasteiger partial charge in [0.15, 0.2) is 0 Å². The molecule has 2 atom stereocenters. The third kappa shape index (κ3) is 3.02. The average Bonchev–Trinajstić information content (AvgIpc) is 3.11. The molecule has 0 aliphatic carbocycles. The van der Waals surface area contributed by atoms with E-state index in [2.05, 4.69) is 17.0 Å². The molecule has 0 spiro atoms. The van der Waals surface area contributed by atoms with Crippen LogP contribution in [-0.4, -0.2) is 32.3 Å². The van der Waals surface area contributed by atoms with Crippen LogP contribution >= 0.6 is 0 Å². The lowest BCUT2D eigenvalue weighted by Gasteiger charge is -2.32. The van der Waals surface area contributed by atoms with Crippen molar-refractivity contribution < 1.29 is 9.90 Å². The number of pyridine rings is 1. The molecule has 0 fully saturated rings. The number of fused-ring (bicyclic) bond motifs is 1. The Bertz CT molecular complexity index is 992. The fraction of sp³-hybridized carbons (Fsp3) is 0.286. The van der Waals surface area contributed by atoms with Gasteiger partial charge < -0.3 is 10.0 Å². The van der Waals surface area contributed by atoms with E-state index < -0.39 is 6.10 Å². The van der Waals surface area contributed by atoms with Crippen LogP contribution in [0.15, 0.2) is 48.8 Å². The molecule has 3 aromatic rings. The van der Waals surface area contributed by atoms with Crippen LogP contribution in [0.3, 0.4) is 0 Å². The van der Waals surface area contributed by atoms with Gasteiger partial charge in [0.05, 0.1) is 18.3 Å². The van der Waals surface area contributed by atoms with E-state index in [0.29, 0.717) is 12.2 Å². The van der Waals surface area contributed by atoms with Crippen LogP contribution in [0.1, 0.15) is 47.7 Å². The molecule has 0 saturated carbocycles. The Hall–Kier alpha value is -2.99. The van der Waals surface area contributed by atoms with E-state index in [-0.39, 0.29) is 11.9 Å². The number of carbonyl (C=O) groups excluding carboxylic acids is 1. The summed E-state index contributed by atoms with van der Waals surface area (Å²) in [5.74, 6) is -0.0696. The number of aliphatic hydroxyl groups excluding tert-OH is 1. The van der Waals surface area contributed by atoms with Gasteiger partial charge in [-0.25, -0.2) is 0 Å². The number of aromatic nitrogens is 3. The zero-order chi connectivity index (χ0) is 19.1. The molecule has 1 N–H and O–H groups in total. The predicted octanol–water partition coefficient (Wildman–Crippen LogP) is 3.53. The second kappa shape index (κ2) is 6.63. The number of carbonyl (C=O) groups is 1. The van der Waals surface area contributed by atoms with Gasteiger partial charge in [0.1, 0.15) is 5.69 Å². The zero-order valence-corrected chi connectivity index (χ0v) is 15.6. The SMILES string of the molecule is Cc1cc(-c2cnn3c2C(=O)N(c2ccc(C(C)O)cc2)C[C@@H]3C)ccn1. The number of hydrogen-bond donors (Lipinski definition) is 1. The summed E-state index contributed by atoms with van der Waals surface area (Å²) in [6.45, 7) is 6.27. The summed E-state index contributed by atoms with van der Waals surface area (Å²) in [6, 6.07) is 11.4. The van der Waals surface area contributed by atoms with Crippen LogP contribution in [0.25, 0.3) is 11.1 Å². The molecule has 3 heterocycles. The van der Waals surface area contributed by atoms with Crippen LogP contribution < -0.4 is 4.90 Å². The van der Waals surface area contributed by atoms with E-state index in [1.54, 1.807) is 24.2 Å². The fourth-order valence-electron chi connectivity index (χ4n) is 3.54. The molecule has 27 heavy (non-hydrogen) atoms. The minimum Gasteiger partial charge on any atom is -0.389 e. The highest BCUT2D eigenvalue weighted by atomic mass is 16.3. The molecule has 1 aromatic carbocycles. The molecule has 1 aliphatic rings. The first-order valence-electron chi connectivity index (χ1n) is 9.06. The third-order valence-corrected chi connectivity index (χ3v) is 5.00. The number of aryl methyl sites for hydroxylation is 1. The smallest absolute Gasteiger partial charge is 0.277 e. The van der Waals surface area contributed by atoms with Crippen LogP contribution in [0.5, 0.6) is 0 Å². The van der Waals surface area contributed by atoms with Gasteiger partial charge in [0.25, 0.3) is 5.91 Å². The maximum Gasteiger partial charge on any atom is 0.277 e. The number of aliphatic hydroxyl groups is 1. The Morgan fingerprint density at radius 2 is 1.96 bits per heavy atom. The van der Waals surface area contributed by atoms with E-state index >= 15 is 0 Å². The highest BCUT2D eigenvalue weighted by Gasteiger charge is 2.33. The molecule has 0 bridgehead atoms. The van der Waals surface area contributed by atoms with E-state index in [1.165, 1.54) is 0 Å². The Morgan fingerprint density at radius 3 is 2.63 bits per heavy atom. The lowest BCUT2D eigenvalue weighted by Crippen LogP contribution is -2.42. The van der Waals surface area contributed by atoms with Gasteiger partial charge in [-0.2, -0.15) is 5.10 Å². The summed E-state index contributed by atoms with van der Waals surface area (Å²) < 4.78 is 1.81. The molecule has 1 aliphatic heterocycles. The van der Waals surface area contributed by atoms with Crippen LogP contribution in [0.2, 0.25) is 0 Å². The number of anilines is 1.